The summed E-state index contributed by atoms with van der Waals surface area (Å²) in [6, 6.07) is 0. The summed E-state index contributed by atoms with van der Waals surface area (Å²) in [4.78, 5) is 0. The molecule has 2 rings (SSSR count). The van der Waals surface area contributed by atoms with E-state index in [0.717, 1.165) is 19.3 Å². The smallest absolute Gasteiger partial charge is 0.169 e. The predicted molar refractivity (Wildman–Crippen MR) is 56.1 cm³/mol. The van der Waals surface area contributed by atoms with E-state index in [2.05, 4.69) is 20.8 Å². The van der Waals surface area contributed by atoms with Crippen LogP contribution >= 0.6 is 0 Å². The highest BCUT2D eigenvalue weighted by Crippen LogP contribution is 2.42. The molecular formula is C12H22O2. The van der Waals surface area contributed by atoms with Gasteiger partial charge in [0.25, 0.3) is 0 Å². The Morgan fingerprint density at radius 1 is 1.07 bits per heavy atom. The van der Waals surface area contributed by atoms with E-state index in [1.807, 2.05) is 0 Å². The Kier molecular flexibility index (Phi) is 2.61. The minimum Gasteiger partial charge on any atom is -0.347 e. The van der Waals surface area contributed by atoms with Crippen LogP contribution in [0.5, 0.6) is 0 Å². The van der Waals surface area contributed by atoms with Gasteiger partial charge in [-0.15, -0.1) is 0 Å². The maximum Gasteiger partial charge on any atom is 0.169 e. The number of hydrogen-bond donors (Lipinski definition) is 0. The summed E-state index contributed by atoms with van der Waals surface area (Å²) in [5.74, 6) is -0.237. The fourth-order valence-corrected chi connectivity index (χ4v) is 2.98. The average Bonchev–Trinajstić information content (AvgIpc) is 2.00. The summed E-state index contributed by atoms with van der Waals surface area (Å²) >= 11 is 0. The summed E-state index contributed by atoms with van der Waals surface area (Å²) in [5, 5.41) is 0. The lowest BCUT2D eigenvalue weighted by molar-refractivity contribution is -0.349. The van der Waals surface area contributed by atoms with E-state index in [1.165, 1.54) is 19.3 Å². The molecule has 1 aliphatic heterocycles. The molecule has 0 aromatic heterocycles. The van der Waals surface area contributed by atoms with Crippen molar-refractivity contribution in [3.8, 4) is 0 Å². The molecule has 0 bridgehead atoms. The standard InChI is InChI=1S/C12H22O2/c1-10-9-11(2,3)14-12(13-10)7-5-4-6-8-12/h10H,4-9H2,1-3H3/t10-/m1/s1. The first kappa shape index (κ1) is 10.4. The molecule has 2 nitrogen and oxygen atoms in total. The molecule has 1 saturated heterocycles. The molecule has 2 aliphatic rings. The van der Waals surface area contributed by atoms with Crippen molar-refractivity contribution in [2.75, 3.05) is 0 Å². The summed E-state index contributed by atoms with van der Waals surface area (Å²) in [6.07, 6.45) is 7.36. The molecule has 1 atom stereocenters. The molecule has 1 heterocycles. The van der Waals surface area contributed by atoms with Gasteiger partial charge in [0.2, 0.25) is 0 Å². The van der Waals surface area contributed by atoms with Crippen molar-refractivity contribution in [2.24, 2.45) is 0 Å². The van der Waals surface area contributed by atoms with Gasteiger partial charge in [-0.1, -0.05) is 6.42 Å². The lowest BCUT2D eigenvalue weighted by Crippen LogP contribution is -2.52. The number of rotatable bonds is 0. The van der Waals surface area contributed by atoms with Crippen molar-refractivity contribution in [1.29, 1.82) is 0 Å². The Bertz CT molecular complexity index is 204. The molecule has 0 unspecified atom stereocenters. The first-order valence-corrected chi connectivity index (χ1v) is 5.89. The Hall–Kier alpha value is -0.0800. The van der Waals surface area contributed by atoms with Crippen LogP contribution in [0.4, 0.5) is 0 Å². The quantitative estimate of drug-likeness (QED) is 0.595. The monoisotopic (exact) mass is 198 g/mol. The van der Waals surface area contributed by atoms with Gasteiger partial charge < -0.3 is 9.47 Å². The topological polar surface area (TPSA) is 18.5 Å². The van der Waals surface area contributed by atoms with Gasteiger partial charge in [0, 0.05) is 19.3 Å². The van der Waals surface area contributed by atoms with Gasteiger partial charge >= 0.3 is 0 Å². The van der Waals surface area contributed by atoms with Gasteiger partial charge in [0.05, 0.1) is 11.7 Å². The zero-order valence-corrected chi connectivity index (χ0v) is 9.64. The highest BCUT2D eigenvalue weighted by molar-refractivity contribution is 4.87. The molecule has 0 amide bonds. The van der Waals surface area contributed by atoms with Crippen molar-refractivity contribution in [3.63, 3.8) is 0 Å². The Labute approximate surface area is 87.0 Å². The third kappa shape index (κ3) is 2.12. The second-order valence-electron chi connectivity index (χ2n) is 5.47. The molecule has 0 aromatic carbocycles. The summed E-state index contributed by atoms with van der Waals surface area (Å²) in [7, 11) is 0. The van der Waals surface area contributed by atoms with E-state index in [4.69, 9.17) is 9.47 Å². The summed E-state index contributed by atoms with van der Waals surface area (Å²) < 4.78 is 12.2. The van der Waals surface area contributed by atoms with Crippen molar-refractivity contribution in [3.05, 3.63) is 0 Å². The second-order valence-corrected chi connectivity index (χ2v) is 5.47. The Morgan fingerprint density at radius 2 is 1.71 bits per heavy atom. The first-order chi connectivity index (χ1) is 6.52. The van der Waals surface area contributed by atoms with E-state index < -0.39 is 0 Å². The molecule has 82 valence electrons. The predicted octanol–water partition coefficient (Wildman–Crippen LogP) is 3.25. The molecule has 1 aliphatic carbocycles. The van der Waals surface area contributed by atoms with Crippen LogP contribution in [-0.4, -0.2) is 17.5 Å². The van der Waals surface area contributed by atoms with Crippen LogP contribution in [0.1, 0.15) is 59.3 Å². The fraction of sp³-hybridized carbons (Fsp3) is 1.00. The number of ether oxygens (including phenoxy) is 2. The van der Waals surface area contributed by atoms with Crippen molar-refractivity contribution in [2.45, 2.75) is 76.8 Å². The lowest BCUT2D eigenvalue weighted by Gasteiger charge is -2.49. The molecule has 0 aromatic rings. The highest BCUT2D eigenvalue weighted by atomic mass is 16.7. The normalized spacial score (nSPS) is 35.8. The van der Waals surface area contributed by atoms with Gasteiger partial charge in [-0.25, -0.2) is 0 Å². The SMILES string of the molecule is C[C@@H]1CC(C)(C)OC2(CCCCC2)O1. The molecule has 0 radical (unpaired) electrons. The van der Waals surface area contributed by atoms with Crippen LogP contribution in [0, 0.1) is 0 Å². The Balaban J connectivity index is 2.10. The average molecular weight is 198 g/mol. The van der Waals surface area contributed by atoms with Crippen LogP contribution < -0.4 is 0 Å². The van der Waals surface area contributed by atoms with Crippen LogP contribution in [0.3, 0.4) is 0 Å². The first-order valence-electron chi connectivity index (χ1n) is 5.89. The zero-order chi connectivity index (χ0) is 10.2. The fourth-order valence-electron chi connectivity index (χ4n) is 2.98. The van der Waals surface area contributed by atoms with E-state index in [0.29, 0.717) is 6.10 Å². The molecule has 0 N–H and O–H groups in total. The van der Waals surface area contributed by atoms with Crippen LogP contribution in [0.2, 0.25) is 0 Å². The molecule has 2 heteroatoms. The molecule has 14 heavy (non-hydrogen) atoms. The van der Waals surface area contributed by atoms with E-state index in [-0.39, 0.29) is 11.4 Å². The van der Waals surface area contributed by atoms with Gasteiger partial charge in [0.1, 0.15) is 0 Å². The molecule has 1 saturated carbocycles. The van der Waals surface area contributed by atoms with Gasteiger partial charge in [-0.2, -0.15) is 0 Å². The highest BCUT2D eigenvalue weighted by Gasteiger charge is 2.45. The molecule has 1 spiro atoms. The Morgan fingerprint density at radius 3 is 2.29 bits per heavy atom. The van der Waals surface area contributed by atoms with Crippen molar-refractivity contribution < 1.29 is 9.47 Å². The third-order valence-corrected chi connectivity index (χ3v) is 3.27. The van der Waals surface area contributed by atoms with E-state index >= 15 is 0 Å². The zero-order valence-electron chi connectivity index (χ0n) is 9.64. The maximum atomic E-state index is 6.15. The van der Waals surface area contributed by atoms with Gasteiger partial charge in [-0.05, 0) is 33.6 Å². The summed E-state index contributed by atoms with van der Waals surface area (Å²) in [6.45, 7) is 6.53. The van der Waals surface area contributed by atoms with Gasteiger partial charge in [-0.3, -0.25) is 0 Å². The minimum atomic E-state index is -0.237. The summed E-state index contributed by atoms with van der Waals surface area (Å²) in [5.41, 5.74) is -0.00495. The minimum absolute atomic E-state index is 0.00495. The largest absolute Gasteiger partial charge is 0.347 e. The van der Waals surface area contributed by atoms with Crippen LogP contribution in [0.25, 0.3) is 0 Å². The molecular weight excluding hydrogens is 176 g/mol. The van der Waals surface area contributed by atoms with Crippen LogP contribution in [0.15, 0.2) is 0 Å². The van der Waals surface area contributed by atoms with Crippen molar-refractivity contribution in [1.82, 2.24) is 0 Å². The second kappa shape index (κ2) is 3.49. The van der Waals surface area contributed by atoms with Crippen LogP contribution in [-0.2, 0) is 9.47 Å². The number of hydrogen-bond acceptors (Lipinski definition) is 2. The van der Waals surface area contributed by atoms with Gasteiger partial charge in [0.15, 0.2) is 5.79 Å². The molecule has 2 fully saturated rings. The van der Waals surface area contributed by atoms with Crippen molar-refractivity contribution >= 4 is 0 Å². The van der Waals surface area contributed by atoms with E-state index in [1.54, 1.807) is 0 Å². The lowest BCUT2D eigenvalue weighted by atomic mass is 9.89. The maximum absolute atomic E-state index is 6.15. The van der Waals surface area contributed by atoms with E-state index in [9.17, 15) is 0 Å². The third-order valence-electron chi connectivity index (χ3n) is 3.27.